The minimum atomic E-state index is -0.449. The fraction of sp³-hybridized carbons (Fsp3) is 1.00. The first kappa shape index (κ1) is 24.3. The first-order chi connectivity index (χ1) is 15.4. The van der Waals surface area contributed by atoms with E-state index in [2.05, 4.69) is 13.8 Å². The quantitative estimate of drug-likeness (QED) is 0.350. The van der Waals surface area contributed by atoms with Crippen molar-refractivity contribution in [2.75, 3.05) is 0 Å². The molecule has 5 saturated carbocycles. The van der Waals surface area contributed by atoms with Crippen LogP contribution < -0.4 is 0 Å². The maximum atomic E-state index is 7.38. The summed E-state index contributed by atoms with van der Waals surface area (Å²) in [5, 5.41) is 0. The molecule has 5 aliphatic carbocycles. The molecule has 0 atom stereocenters. The van der Waals surface area contributed by atoms with E-state index in [1.54, 1.807) is 0 Å². The second kappa shape index (κ2) is 9.56. The summed E-state index contributed by atoms with van der Waals surface area (Å²) >= 11 is 14.8. The average molecular weight is 482 g/mol. The lowest BCUT2D eigenvalue weighted by Crippen LogP contribution is -2.66. The minimum Gasteiger partial charge on any atom is -0.100 e. The molecule has 2 spiro atoms. The van der Waals surface area contributed by atoms with Gasteiger partial charge in [0.15, 0.2) is 0 Å². The van der Waals surface area contributed by atoms with E-state index in [0.29, 0.717) is 0 Å². The van der Waals surface area contributed by atoms with Gasteiger partial charge in [-0.05, 0) is 119 Å². The van der Waals surface area contributed by atoms with E-state index < -0.39 is 4.33 Å². The Morgan fingerprint density at radius 1 is 0.500 bits per heavy atom. The van der Waals surface area contributed by atoms with Crippen LogP contribution in [0.1, 0.15) is 136 Å². The summed E-state index contributed by atoms with van der Waals surface area (Å²) in [4.78, 5) is 0. The van der Waals surface area contributed by atoms with E-state index in [1.807, 2.05) is 0 Å². The molecule has 0 saturated heterocycles. The van der Waals surface area contributed by atoms with Gasteiger partial charge in [0.2, 0.25) is 0 Å². The van der Waals surface area contributed by atoms with E-state index in [1.165, 1.54) is 122 Å². The van der Waals surface area contributed by atoms with Crippen LogP contribution >= 0.6 is 23.2 Å². The Kier molecular flexibility index (Phi) is 7.25. The van der Waals surface area contributed by atoms with Crippen molar-refractivity contribution in [2.24, 2.45) is 46.3 Å². The molecule has 0 aromatic rings. The third kappa shape index (κ3) is 4.12. The van der Waals surface area contributed by atoms with Gasteiger partial charge in [0.25, 0.3) is 0 Å². The highest BCUT2D eigenvalue weighted by Gasteiger charge is 2.72. The van der Waals surface area contributed by atoms with Crippen LogP contribution in [0, 0.1) is 46.3 Å². The van der Waals surface area contributed by atoms with Crippen LogP contribution in [0.2, 0.25) is 0 Å². The second-order valence-electron chi connectivity index (χ2n) is 13.4. The first-order valence-corrected chi connectivity index (χ1v) is 15.6. The zero-order chi connectivity index (χ0) is 22.4. The van der Waals surface area contributed by atoms with Crippen LogP contribution in [0.25, 0.3) is 0 Å². The van der Waals surface area contributed by atoms with Gasteiger partial charge in [0, 0.05) is 10.8 Å². The smallest absolute Gasteiger partial charge is 0.100 e. The fourth-order valence-electron chi connectivity index (χ4n) is 9.77. The normalized spacial score (nSPS) is 49.1. The molecule has 0 unspecified atom stereocenters. The van der Waals surface area contributed by atoms with Crippen LogP contribution in [-0.4, -0.2) is 4.33 Å². The van der Waals surface area contributed by atoms with Crippen molar-refractivity contribution in [1.29, 1.82) is 0 Å². The molecule has 5 rings (SSSR count). The topological polar surface area (TPSA) is 0 Å². The van der Waals surface area contributed by atoms with Crippen molar-refractivity contribution in [3.8, 4) is 0 Å². The zero-order valence-corrected chi connectivity index (χ0v) is 22.7. The molecule has 0 amide bonds. The molecule has 0 bridgehead atoms. The summed E-state index contributed by atoms with van der Waals surface area (Å²) in [5.41, 5.74) is 0.499. The van der Waals surface area contributed by atoms with Crippen LogP contribution in [-0.2, 0) is 0 Å². The van der Waals surface area contributed by atoms with E-state index in [-0.39, 0.29) is 10.8 Å². The van der Waals surface area contributed by atoms with E-state index in [9.17, 15) is 0 Å². The van der Waals surface area contributed by atoms with Gasteiger partial charge in [-0.3, -0.25) is 0 Å². The lowest BCUT2D eigenvalue weighted by Gasteiger charge is -2.69. The average Bonchev–Trinajstić information content (AvgIpc) is 2.85. The van der Waals surface area contributed by atoms with Gasteiger partial charge in [-0.1, -0.05) is 52.4 Å². The Labute approximate surface area is 209 Å². The predicted octanol–water partition coefficient (Wildman–Crippen LogP) is 10.3. The van der Waals surface area contributed by atoms with Gasteiger partial charge in [0.1, 0.15) is 4.33 Å². The summed E-state index contributed by atoms with van der Waals surface area (Å²) in [7, 11) is 0. The SMILES string of the molecule is CCC1CCC(C2CCC3(CC2)CC2(CCC(C4CCC(CC)CC4)CC2)C3(Cl)Cl)CC1. The Bertz CT molecular complexity index is 555. The molecule has 184 valence electrons. The molecule has 0 heterocycles. The van der Waals surface area contributed by atoms with Crippen molar-refractivity contribution >= 4 is 23.2 Å². The second-order valence-corrected chi connectivity index (χ2v) is 14.7. The highest BCUT2D eigenvalue weighted by atomic mass is 35.5. The summed E-state index contributed by atoms with van der Waals surface area (Å²) in [6.45, 7) is 4.76. The largest absolute Gasteiger partial charge is 0.129 e. The van der Waals surface area contributed by atoms with Crippen molar-refractivity contribution in [2.45, 2.75) is 140 Å². The summed E-state index contributed by atoms with van der Waals surface area (Å²) in [5.74, 6) is 5.97. The zero-order valence-electron chi connectivity index (χ0n) is 21.2. The van der Waals surface area contributed by atoms with E-state index in [0.717, 1.165) is 35.5 Å². The van der Waals surface area contributed by atoms with Crippen LogP contribution in [0.5, 0.6) is 0 Å². The number of hydrogen-bond acceptors (Lipinski definition) is 0. The molecular weight excluding hydrogens is 431 g/mol. The van der Waals surface area contributed by atoms with Crippen molar-refractivity contribution < 1.29 is 0 Å². The Morgan fingerprint density at radius 3 is 1.09 bits per heavy atom. The highest BCUT2D eigenvalue weighted by molar-refractivity contribution is 6.50. The molecule has 5 fully saturated rings. The summed E-state index contributed by atoms with van der Waals surface area (Å²) < 4.78 is -0.449. The maximum absolute atomic E-state index is 7.38. The Hall–Kier alpha value is 0.580. The molecule has 0 N–H and O–H groups in total. The molecule has 5 aliphatic rings. The number of halogens is 2. The van der Waals surface area contributed by atoms with Crippen molar-refractivity contribution in [3.05, 3.63) is 0 Å². The first-order valence-electron chi connectivity index (χ1n) is 14.8. The van der Waals surface area contributed by atoms with E-state index in [4.69, 9.17) is 23.2 Å². The van der Waals surface area contributed by atoms with Crippen molar-refractivity contribution in [1.82, 2.24) is 0 Å². The third-order valence-corrected chi connectivity index (χ3v) is 13.9. The Balaban J connectivity index is 1.12. The third-order valence-electron chi connectivity index (χ3n) is 12.3. The molecule has 32 heavy (non-hydrogen) atoms. The van der Waals surface area contributed by atoms with Crippen LogP contribution in [0.15, 0.2) is 0 Å². The number of hydrogen-bond donors (Lipinski definition) is 0. The van der Waals surface area contributed by atoms with Crippen LogP contribution in [0.4, 0.5) is 0 Å². The van der Waals surface area contributed by atoms with Crippen LogP contribution in [0.3, 0.4) is 0 Å². The molecule has 0 nitrogen and oxygen atoms in total. The van der Waals surface area contributed by atoms with Gasteiger partial charge in [0.05, 0.1) is 0 Å². The van der Waals surface area contributed by atoms with Gasteiger partial charge >= 0.3 is 0 Å². The van der Waals surface area contributed by atoms with Gasteiger partial charge in [-0.15, -0.1) is 23.2 Å². The minimum absolute atomic E-state index is 0.249. The number of rotatable bonds is 4. The summed E-state index contributed by atoms with van der Waals surface area (Å²) in [6.07, 6.45) is 26.9. The van der Waals surface area contributed by atoms with Gasteiger partial charge < -0.3 is 0 Å². The molecule has 0 aliphatic heterocycles. The lowest BCUT2D eigenvalue weighted by atomic mass is 9.42. The Morgan fingerprint density at radius 2 is 0.812 bits per heavy atom. The van der Waals surface area contributed by atoms with Crippen molar-refractivity contribution in [3.63, 3.8) is 0 Å². The predicted molar refractivity (Wildman–Crippen MR) is 139 cm³/mol. The molecular formula is C30H50Cl2. The lowest BCUT2D eigenvalue weighted by molar-refractivity contribution is -0.122. The van der Waals surface area contributed by atoms with Gasteiger partial charge in [-0.2, -0.15) is 0 Å². The number of alkyl halides is 2. The highest BCUT2D eigenvalue weighted by Crippen LogP contribution is 2.77. The van der Waals surface area contributed by atoms with Gasteiger partial charge in [-0.25, -0.2) is 0 Å². The maximum Gasteiger partial charge on any atom is 0.129 e. The monoisotopic (exact) mass is 480 g/mol. The standard InChI is InChI=1S/C30H50Cl2/c1-3-22-5-9-24(10-6-22)26-13-17-28(18-14-26)21-29(30(28,31)32)19-15-27(16-20-29)25-11-7-23(4-2)8-12-25/h22-27H,3-21H2,1-2H3. The van der Waals surface area contributed by atoms with E-state index >= 15 is 0 Å². The fourth-order valence-corrected chi connectivity index (χ4v) is 10.8. The molecule has 0 aromatic heterocycles. The molecule has 0 radical (unpaired) electrons. The summed E-state index contributed by atoms with van der Waals surface area (Å²) in [6, 6.07) is 0. The molecule has 2 heteroatoms. The molecule has 0 aromatic carbocycles.